The Morgan fingerprint density at radius 2 is 2.00 bits per heavy atom. The van der Waals surface area contributed by atoms with E-state index in [9.17, 15) is 14.9 Å². The third kappa shape index (κ3) is 3.53. The van der Waals surface area contributed by atoms with Gasteiger partial charge in [0, 0.05) is 18.7 Å². The van der Waals surface area contributed by atoms with E-state index in [0.717, 1.165) is 5.56 Å². The molecule has 1 rings (SSSR count). The second kappa shape index (κ2) is 5.40. The Morgan fingerprint density at radius 1 is 1.47 bits per heavy atom. The van der Waals surface area contributed by atoms with E-state index in [1.807, 2.05) is 0 Å². The van der Waals surface area contributed by atoms with Crippen molar-refractivity contribution in [1.82, 2.24) is 4.90 Å². The summed E-state index contributed by atoms with van der Waals surface area (Å²) in [6, 6.07) is 5.49. The Labute approximate surface area is 98.6 Å². The molecule has 0 saturated carbocycles. The number of likely N-dealkylation sites (N-methyl/N-ethyl adjacent to an activating group) is 1. The van der Waals surface area contributed by atoms with Crippen LogP contribution >= 0.6 is 0 Å². The summed E-state index contributed by atoms with van der Waals surface area (Å²) in [7, 11) is 1.69. The van der Waals surface area contributed by atoms with Gasteiger partial charge in [-0.2, -0.15) is 0 Å². The van der Waals surface area contributed by atoms with Crippen molar-refractivity contribution >= 4 is 11.7 Å². The van der Waals surface area contributed by atoms with Crippen LogP contribution in [0.5, 0.6) is 0 Å². The van der Waals surface area contributed by atoms with Crippen molar-refractivity contribution in [1.29, 1.82) is 0 Å². The minimum Gasteiger partial charge on any atom is -0.480 e. The molecule has 0 heterocycles. The van der Waals surface area contributed by atoms with Crippen molar-refractivity contribution in [3.63, 3.8) is 0 Å². The minimum absolute atomic E-state index is 0.0303. The van der Waals surface area contributed by atoms with Crippen LogP contribution in [-0.2, 0) is 11.3 Å². The maximum Gasteiger partial charge on any atom is 0.320 e. The summed E-state index contributed by atoms with van der Waals surface area (Å²) in [5.41, 5.74) is 0.869. The van der Waals surface area contributed by atoms with Crippen LogP contribution in [0, 0.1) is 10.1 Å². The van der Waals surface area contributed by atoms with Crippen molar-refractivity contribution < 1.29 is 14.8 Å². The maximum absolute atomic E-state index is 10.7. The third-order valence-electron chi connectivity index (χ3n) is 2.60. The summed E-state index contributed by atoms with van der Waals surface area (Å²) >= 11 is 0. The van der Waals surface area contributed by atoms with Gasteiger partial charge in [-0.3, -0.25) is 19.8 Å². The third-order valence-corrected chi connectivity index (χ3v) is 2.60. The lowest BCUT2D eigenvalue weighted by molar-refractivity contribution is -0.384. The molecule has 0 radical (unpaired) electrons. The molecule has 0 saturated heterocycles. The van der Waals surface area contributed by atoms with Gasteiger partial charge in [-0.25, -0.2) is 0 Å². The van der Waals surface area contributed by atoms with Crippen LogP contribution in [0.4, 0.5) is 5.69 Å². The SMILES string of the molecule is CC(C(=O)O)N(C)Cc1ccc([N+](=O)[O-])cc1. The Balaban J connectivity index is 2.69. The quantitative estimate of drug-likeness (QED) is 0.620. The van der Waals surface area contributed by atoms with Crippen molar-refractivity contribution in [2.45, 2.75) is 19.5 Å². The van der Waals surface area contributed by atoms with Gasteiger partial charge in [0.2, 0.25) is 0 Å². The fourth-order valence-corrected chi connectivity index (χ4v) is 1.34. The number of rotatable bonds is 5. The molecule has 0 aliphatic rings. The highest BCUT2D eigenvalue weighted by Gasteiger charge is 2.16. The summed E-state index contributed by atoms with van der Waals surface area (Å²) in [6.07, 6.45) is 0. The van der Waals surface area contributed by atoms with E-state index in [4.69, 9.17) is 5.11 Å². The van der Waals surface area contributed by atoms with Crippen molar-refractivity contribution in [2.75, 3.05) is 7.05 Å². The lowest BCUT2D eigenvalue weighted by Crippen LogP contribution is -2.35. The molecule has 92 valence electrons. The molecule has 0 bridgehead atoms. The average Bonchev–Trinajstić information content (AvgIpc) is 2.28. The summed E-state index contributed by atoms with van der Waals surface area (Å²) in [5.74, 6) is -0.894. The molecular weight excluding hydrogens is 224 g/mol. The molecule has 1 atom stereocenters. The minimum atomic E-state index is -0.894. The zero-order valence-corrected chi connectivity index (χ0v) is 9.66. The second-order valence-electron chi connectivity index (χ2n) is 3.85. The van der Waals surface area contributed by atoms with Gasteiger partial charge in [0.25, 0.3) is 5.69 Å². The Hall–Kier alpha value is -1.95. The summed E-state index contributed by atoms with van der Waals surface area (Å²) < 4.78 is 0. The highest BCUT2D eigenvalue weighted by molar-refractivity contribution is 5.72. The zero-order chi connectivity index (χ0) is 13.0. The van der Waals surface area contributed by atoms with Crippen LogP contribution in [0.1, 0.15) is 12.5 Å². The highest BCUT2D eigenvalue weighted by atomic mass is 16.6. The van der Waals surface area contributed by atoms with Gasteiger partial charge >= 0.3 is 5.97 Å². The Kier molecular flexibility index (Phi) is 4.17. The number of nitrogens with zero attached hydrogens (tertiary/aromatic N) is 2. The van der Waals surface area contributed by atoms with Gasteiger partial charge in [-0.15, -0.1) is 0 Å². The van der Waals surface area contributed by atoms with Crippen LogP contribution < -0.4 is 0 Å². The number of carboxylic acids is 1. The van der Waals surface area contributed by atoms with E-state index in [1.165, 1.54) is 12.1 Å². The van der Waals surface area contributed by atoms with Crippen LogP contribution in [-0.4, -0.2) is 34.0 Å². The Bertz CT molecular complexity index is 416. The van der Waals surface area contributed by atoms with E-state index in [-0.39, 0.29) is 5.69 Å². The van der Waals surface area contributed by atoms with E-state index >= 15 is 0 Å². The first-order chi connectivity index (χ1) is 7.91. The fourth-order valence-electron chi connectivity index (χ4n) is 1.34. The number of hydrogen-bond acceptors (Lipinski definition) is 4. The molecule has 1 aromatic rings. The Morgan fingerprint density at radius 3 is 2.41 bits per heavy atom. The van der Waals surface area contributed by atoms with Gasteiger partial charge in [0.15, 0.2) is 0 Å². The van der Waals surface area contributed by atoms with E-state index in [0.29, 0.717) is 6.54 Å². The fraction of sp³-hybridized carbons (Fsp3) is 0.364. The van der Waals surface area contributed by atoms with Crippen LogP contribution in [0.25, 0.3) is 0 Å². The zero-order valence-electron chi connectivity index (χ0n) is 9.66. The largest absolute Gasteiger partial charge is 0.480 e. The summed E-state index contributed by atoms with van der Waals surface area (Å²) in [4.78, 5) is 22.4. The smallest absolute Gasteiger partial charge is 0.320 e. The molecule has 6 nitrogen and oxygen atoms in total. The molecule has 17 heavy (non-hydrogen) atoms. The van der Waals surface area contributed by atoms with E-state index in [2.05, 4.69) is 0 Å². The van der Waals surface area contributed by atoms with Crippen LogP contribution in [0.15, 0.2) is 24.3 Å². The topological polar surface area (TPSA) is 83.7 Å². The van der Waals surface area contributed by atoms with Crippen molar-refractivity contribution in [3.8, 4) is 0 Å². The number of carboxylic acid groups (broad SMARTS) is 1. The van der Waals surface area contributed by atoms with Gasteiger partial charge in [-0.1, -0.05) is 12.1 Å². The molecular formula is C11H14N2O4. The van der Waals surface area contributed by atoms with Crippen molar-refractivity contribution in [2.24, 2.45) is 0 Å². The number of nitro benzene ring substituents is 1. The standard InChI is InChI=1S/C11H14N2O4/c1-8(11(14)15)12(2)7-9-3-5-10(6-4-9)13(16)17/h3-6,8H,7H2,1-2H3,(H,14,15). The molecule has 0 spiro atoms. The number of hydrogen-bond donors (Lipinski definition) is 1. The predicted octanol–water partition coefficient (Wildman–Crippen LogP) is 1.50. The molecule has 0 amide bonds. The van der Waals surface area contributed by atoms with Gasteiger partial charge < -0.3 is 5.11 Å². The monoisotopic (exact) mass is 238 g/mol. The molecule has 1 unspecified atom stereocenters. The predicted molar refractivity (Wildman–Crippen MR) is 61.7 cm³/mol. The second-order valence-corrected chi connectivity index (χ2v) is 3.85. The lowest BCUT2D eigenvalue weighted by Gasteiger charge is -2.20. The van der Waals surface area contributed by atoms with Gasteiger partial charge in [0.1, 0.15) is 6.04 Å². The van der Waals surface area contributed by atoms with Crippen LogP contribution in [0.3, 0.4) is 0 Å². The van der Waals surface area contributed by atoms with E-state index < -0.39 is 16.9 Å². The maximum atomic E-state index is 10.7. The molecule has 0 fully saturated rings. The first-order valence-corrected chi connectivity index (χ1v) is 5.08. The van der Waals surface area contributed by atoms with Crippen molar-refractivity contribution in [3.05, 3.63) is 39.9 Å². The number of nitro groups is 1. The van der Waals surface area contributed by atoms with Crippen LogP contribution in [0.2, 0.25) is 0 Å². The first-order valence-electron chi connectivity index (χ1n) is 5.08. The number of benzene rings is 1. The normalized spacial score (nSPS) is 12.4. The number of carbonyl (C=O) groups is 1. The lowest BCUT2D eigenvalue weighted by atomic mass is 10.2. The molecule has 0 aliphatic carbocycles. The van der Waals surface area contributed by atoms with E-state index in [1.54, 1.807) is 31.0 Å². The molecule has 6 heteroatoms. The first kappa shape index (κ1) is 13.1. The molecule has 1 N–H and O–H groups in total. The van der Waals surface area contributed by atoms with Gasteiger partial charge in [0.05, 0.1) is 4.92 Å². The number of non-ortho nitro benzene ring substituents is 1. The molecule has 1 aromatic carbocycles. The summed E-state index contributed by atoms with van der Waals surface area (Å²) in [6.45, 7) is 2.03. The average molecular weight is 238 g/mol. The summed E-state index contributed by atoms with van der Waals surface area (Å²) in [5, 5.41) is 19.3. The van der Waals surface area contributed by atoms with Gasteiger partial charge in [-0.05, 0) is 19.5 Å². The molecule has 0 aliphatic heterocycles. The highest BCUT2D eigenvalue weighted by Crippen LogP contribution is 2.13. The molecule has 0 aromatic heterocycles. The number of aliphatic carboxylic acids is 1.